The number of halogens is 3. The minimum absolute atomic E-state index is 0.00314. The van der Waals surface area contributed by atoms with Crippen LogP contribution in [0.4, 0.5) is 24.9 Å². The molecule has 0 fully saturated rings. The molecule has 0 aromatic carbocycles. The van der Waals surface area contributed by atoms with Gasteiger partial charge in [-0.1, -0.05) is 0 Å². The molecule has 1 aliphatic heterocycles. The maximum absolute atomic E-state index is 13.1. The number of allylic oxidation sites excluding steroid dienone is 1. The van der Waals surface area contributed by atoms with Gasteiger partial charge in [0.1, 0.15) is 17.2 Å². The van der Waals surface area contributed by atoms with Crippen LogP contribution in [0.3, 0.4) is 0 Å². The zero-order chi connectivity index (χ0) is 21.0. The molecule has 0 saturated carbocycles. The lowest BCUT2D eigenvalue weighted by Gasteiger charge is -2.15. The van der Waals surface area contributed by atoms with E-state index in [9.17, 15) is 13.2 Å². The van der Waals surface area contributed by atoms with E-state index in [-0.39, 0.29) is 24.2 Å². The molecular weight excluding hydrogens is 385 g/mol. The monoisotopic (exact) mass is 408 g/mol. The first-order valence-electron chi connectivity index (χ1n) is 9.23. The lowest BCUT2D eigenvalue weighted by Crippen LogP contribution is -2.17. The predicted molar refractivity (Wildman–Crippen MR) is 105 cm³/mol. The largest absolute Gasteiger partial charge is 0.421 e. The molecule has 29 heavy (non-hydrogen) atoms. The maximum atomic E-state index is 13.1. The van der Waals surface area contributed by atoms with Crippen molar-refractivity contribution < 1.29 is 13.2 Å². The number of hydrogen-bond donors (Lipinski definition) is 3. The second-order valence-electron chi connectivity index (χ2n) is 6.58. The number of aryl methyl sites for hydroxylation is 1. The van der Waals surface area contributed by atoms with Crippen LogP contribution in [-0.4, -0.2) is 38.3 Å². The van der Waals surface area contributed by atoms with Crippen molar-refractivity contribution in [3.05, 3.63) is 41.9 Å². The molecule has 1 aliphatic rings. The first kappa shape index (κ1) is 20.6. The average Bonchev–Trinajstić information content (AvgIpc) is 3.28. The second-order valence-corrected chi connectivity index (χ2v) is 6.58. The van der Waals surface area contributed by atoms with Crippen LogP contribution in [0, 0.1) is 0 Å². The summed E-state index contributed by atoms with van der Waals surface area (Å²) in [5.74, 6) is 0.939. The van der Waals surface area contributed by atoms with Crippen molar-refractivity contribution in [3.8, 4) is 0 Å². The molecule has 156 valence electrons. The second kappa shape index (κ2) is 8.50. The standard InChI is InChI=1S/C18H23F3N8/c1-3-23-15-13(18(19,20)21)10-26-17(28-15)27-14(8-22)11(2)25-9-12-4-6-29-7-5-24-16(12)29/h5,7-8,10,12H,3-4,6,9,22H2,1-2H3,(H2,23,26,27,28)/b14-8+,25-11?/t12-/m1/s1. The third-order valence-corrected chi connectivity index (χ3v) is 4.62. The predicted octanol–water partition coefficient (Wildman–Crippen LogP) is 2.98. The van der Waals surface area contributed by atoms with Gasteiger partial charge in [0.15, 0.2) is 0 Å². The summed E-state index contributed by atoms with van der Waals surface area (Å²) in [6.45, 7) is 5.20. The number of nitrogens with one attached hydrogen (secondary N) is 2. The van der Waals surface area contributed by atoms with E-state index in [1.165, 1.54) is 6.20 Å². The van der Waals surface area contributed by atoms with Crippen molar-refractivity contribution >= 4 is 17.5 Å². The number of aromatic nitrogens is 4. The number of fused-ring (bicyclic) bond motifs is 1. The number of imidazole rings is 1. The van der Waals surface area contributed by atoms with E-state index < -0.39 is 11.7 Å². The van der Waals surface area contributed by atoms with Gasteiger partial charge in [0.05, 0.1) is 11.4 Å². The van der Waals surface area contributed by atoms with Gasteiger partial charge >= 0.3 is 6.18 Å². The molecule has 1 atom stereocenters. The third kappa shape index (κ3) is 4.66. The van der Waals surface area contributed by atoms with Crippen LogP contribution < -0.4 is 16.4 Å². The summed E-state index contributed by atoms with van der Waals surface area (Å²) >= 11 is 0. The van der Waals surface area contributed by atoms with E-state index >= 15 is 0 Å². The van der Waals surface area contributed by atoms with Crippen molar-refractivity contribution in [2.75, 3.05) is 23.7 Å². The van der Waals surface area contributed by atoms with Crippen LogP contribution in [0.15, 0.2) is 35.5 Å². The van der Waals surface area contributed by atoms with Gasteiger partial charge in [-0.3, -0.25) is 4.99 Å². The van der Waals surface area contributed by atoms with Gasteiger partial charge in [0.25, 0.3) is 0 Å². The van der Waals surface area contributed by atoms with Crippen LogP contribution in [-0.2, 0) is 12.7 Å². The highest BCUT2D eigenvalue weighted by Gasteiger charge is 2.35. The van der Waals surface area contributed by atoms with Crippen LogP contribution in [0.2, 0.25) is 0 Å². The average molecular weight is 408 g/mol. The molecule has 0 bridgehead atoms. The summed E-state index contributed by atoms with van der Waals surface area (Å²) in [4.78, 5) is 16.6. The molecular formula is C18H23F3N8. The molecule has 8 nitrogen and oxygen atoms in total. The van der Waals surface area contributed by atoms with Gasteiger partial charge in [-0.05, 0) is 20.3 Å². The van der Waals surface area contributed by atoms with Crippen LogP contribution in [0.1, 0.15) is 37.6 Å². The summed E-state index contributed by atoms with van der Waals surface area (Å²) in [5, 5.41) is 5.46. The number of alkyl halides is 3. The normalized spacial score (nSPS) is 17.3. The molecule has 2 aromatic rings. The van der Waals surface area contributed by atoms with Gasteiger partial charge < -0.3 is 20.9 Å². The molecule has 11 heteroatoms. The number of nitrogens with zero attached hydrogens (tertiary/aromatic N) is 5. The van der Waals surface area contributed by atoms with E-state index in [1.807, 2.05) is 6.20 Å². The Morgan fingerprint density at radius 1 is 1.41 bits per heavy atom. The Bertz CT molecular complexity index is 916. The Hall–Kier alpha value is -3.11. The summed E-state index contributed by atoms with van der Waals surface area (Å²) in [5.41, 5.74) is 5.79. The van der Waals surface area contributed by atoms with Gasteiger partial charge in [-0.2, -0.15) is 18.2 Å². The fourth-order valence-electron chi connectivity index (χ4n) is 3.12. The molecule has 3 rings (SSSR count). The zero-order valence-corrected chi connectivity index (χ0v) is 16.2. The molecule has 0 amide bonds. The molecule has 0 saturated heterocycles. The quantitative estimate of drug-likeness (QED) is 0.608. The van der Waals surface area contributed by atoms with Crippen molar-refractivity contribution in [1.29, 1.82) is 0 Å². The Morgan fingerprint density at radius 3 is 2.90 bits per heavy atom. The van der Waals surface area contributed by atoms with Crippen molar-refractivity contribution in [2.45, 2.75) is 38.9 Å². The molecule has 0 aliphatic carbocycles. The summed E-state index contributed by atoms with van der Waals surface area (Å²) in [6.07, 6.45) is 2.17. The minimum Gasteiger partial charge on any atom is -0.403 e. The maximum Gasteiger partial charge on any atom is 0.421 e. The molecule has 2 aromatic heterocycles. The molecule has 0 unspecified atom stereocenters. The van der Waals surface area contributed by atoms with Crippen LogP contribution >= 0.6 is 0 Å². The third-order valence-electron chi connectivity index (χ3n) is 4.62. The van der Waals surface area contributed by atoms with Crippen molar-refractivity contribution in [3.63, 3.8) is 0 Å². The SMILES string of the molecule is CCNc1nc(N/C(=C/N)C(C)=NC[C@H]2CCn3ccnc32)ncc1C(F)(F)F. The summed E-state index contributed by atoms with van der Waals surface area (Å²) in [7, 11) is 0. The molecule has 4 N–H and O–H groups in total. The highest BCUT2D eigenvalue weighted by atomic mass is 19.4. The highest BCUT2D eigenvalue weighted by Crippen LogP contribution is 2.33. The van der Waals surface area contributed by atoms with E-state index in [4.69, 9.17) is 5.73 Å². The number of rotatable bonds is 7. The first-order valence-corrected chi connectivity index (χ1v) is 9.23. The lowest BCUT2D eigenvalue weighted by molar-refractivity contribution is -0.137. The molecule has 0 spiro atoms. The number of aliphatic imine (C=N–C) groups is 1. The van der Waals surface area contributed by atoms with Gasteiger partial charge in [-0.25, -0.2) is 9.97 Å². The number of hydrogen-bond acceptors (Lipinski definition) is 7. The topological polar surface area (TPSA) is 106 Å². The van der Waals surface area contributed by atoms with E-state index in [0.29, 0.717) is 18.0 Å². The van der Waals surface area contributed by atoms with E-state index in [0.717, 1.165) is 25.0 Å². The fourth-order valence-corrected chi connectivity index (χ4v) is 3.12. The Labute approximate surface area is 166 Å². The van der Waals surface area contributed by atoms with E-state index in [1.54, 1.807) is 20.0 Å². The molecule has 0 radical (unpaired) electrons. The van der Waals surface area contributed by atoms with Crippen LogP contribution in [0.25, 0.3) is 0 Å². The van der Waals surface area contributed by atoms with Gasteiger partial charge in [0, 0.05) is 50.3 Å². The molecule has 3 heterocycles. The highest BCUT2D eigenvalue weighted by molar-refractivity contribution is 6.00. The van der Waals surface area contributed by atoms with Gasteiger partial charge in [-0.15, -0.1) is 0 Å². The number of anilines is 2. The Morgan fingerprint density at radius 2 is 2.21 bits per heavy atom. The Balaban J connectivity index is 1.73. The number of nitrogens with two attached hydrogens (primary N) is 1. The lowest BCUT2D eigenvalue weighted by atomic mass is 10.1. The fraction of sp³-hybridized carbons (Fsp3) is 0.444. The van der Waals surface area contributed by atoms with E-state index in [2.05, 4.69) is 35.1 Å². The summed E-state index contributed by atoms with van der Waals surface area (Å²) in [6, 6.07) is 0. The van der Waals surface area contributed by atoms with Gasteiger partial charge in [0.2, 0.25) is 5.95 Å². The summed E-state index contributed by atoms with van der Waals surface area (Å²) < 4.78 is 41.4. The van der Waals surface area contributed by atoms with Crippen molar-refractivity contribution in [1.82, 2.24) is 19.5 Å². The minimum atomic E-state index is -4.55. The van der Waals surface area contributed by atoms with Crippen LogP contribution in [0.5, 0.6) is 0 Å². The first-order chi connectivity index (χ1) is 13.8. The smallest absolute Gasteiger partial charge is 0.403 e. The zero-order valence-electron chi connectivity index (χ0n) is 16.2. The van der Waals surface area contributed by atoms with Crippen molar-refractivity contribution in [2.24, 2.45) is 10.7 Å². The Kier molecular flexibility index (Phi) is 6.04.